The third-order valence-electron chi connectivity index (χ3n) is 3.23. The van der Waals surface area contributed by atoms with E-state index in [2.05, 4.69) is 22.9 Å². The summed E-state index contributed by atoms with van der Waals surface area (Å²) in [4.78, 5) is 0. The summed E-state index contributed by atoms with van der Waals surface area (Å²) < 4.78 is 28.2. The van der Waals surface area contributed by atoms with Gasteiger partial charge >= 0.3 is 0 Å². The van der Waals surface area contributed by atoms with Crippen LogP contribution < -0.4 is 5.73 Å². The number of benzene rings is 2. The molecule has 0 aliphatic heterocycles. The van der Waals surface area contributed by atoms with Crippen LogP contribution in [0.2, 0.25) is 0 Å². The van der Waals surface area contributed by atoms with Crippen LogP contribution in [-0.4, -0.2) is 0 Å². The summed E-state index contributed by atoms with van der Waals surface area (Å²) in [5.74, 6) is -1.27. The molecule has 0 spiro atoms. The van der Waals surface area contributed by atoms with Crippen LogP contribution in [0.15, 0.2) is 40.9 Å². The van der Waals surface area contributed by atoms with E-state index >= 15 is 0 Å². The minimum atomic E-state index is -0.807. The molecule has 0 bridgehead atoms. The lowest BCUT2D eigenvalue weighted by Gasteiger charge is -2.15. The van der Waals surface area contributed by atoms with Crippen LogP contribution in [-0.2, 0) is 6.42 Å². The Kier molecular flexibility index (Phi) is 4.89. The van der Waals surface area contributed by atoms with Crippen LogP contribution in [0.5, 0.6) is 0 Å². The summed E-state index contributed by atoms with van der Waals surface area (Å²) in [6, 6.07) is 9.21. The molecule has 2 aromatic rings. The van der Waals surface area contributed by atoms with Crippen molar-refractivity contribution in [2.45, 2.75) is 25.8 Å². The summed E-state index contributed by atoms with van der Waals surface area (Å²) in [5, 5.41) is 0. The second-order valence-electron chi connectivity index (χ2n) is 4.75. The summed E-state index contributed by atoms with van der Waals surface area (Å²) in [7, 11) is 0. The summed E-state index contributed by atoms with van der Waals surface area (Å²) in [5.41, 5.74) is 7.79. The molecule has 2 N–H and O–H groups in total. The molecule has 0 fully saturated rings. The molecule has 0 radical (unpaired) electrons. The molecule has 1 nitrogen and oxygen atoms in total. The first-order chi connectivity index (χ1) is 9.52. The number of hydrogen-bond donors (Lipinski definition) is 1. The molecule has 2 aromatic carbocycles. The van der Waals surface area contributed by atoms with Crippen molar-refractivity contribution >= 4 is 15.9 Å². The van der Waals surface area contributed by atoms with Gasteiger partial charge in [0, 0.05) is 10.0 Å². The third kappa shape index (κ3) is 3.25. The molecule has 0 saturated heterocycles. The van der Waals surface area contributed by atoms with Gasteiger partial charge in [0.05, 0.1) is 6.04 Å². The fourth-order valence-corrected chi connectivity index (χ4v) is 2.60. The van der Waals surface area contributed by atoms with Crippen molar-refractivity contribution in [2.75, 3.05) is 0 Å². The lowest BCUT2D eigenvalue weighted by Crippen LogP contribution is -2.15. The Morgan fingerprint density at radius 2 is 1.65 bits per heavy atom. The molecule has 0 aliphatic carbocycles. The highest BCUT2D eigenvalue weighted by molar-refractivity contribution is 9.10. The van der Waals surface area contributed by atoms with Gasteiger partial charge in [0.2, 0.25) is 0 Å². The molecule has 20 heavy (non-hydrogen) atoms. The first-order valence-corrected chi connectivity index (χ1v) is 7.31. The third-order valence-corrected chi connectivity index (χ3v) is 3.69. The van der Waals surface area contributed by atoms with Crippen LogP contribution in [0.25, 0.3) is 0 Å². The number of halogens is 3. The molecule has 0 amide bonds. The first kappa shape index (κ1) is 15.1. The van der Waals surface area contributed by atoms with Crippen molar-refractivity contribution in [2.24, 2.45) is 5.73 Å². The van der Waals surface area contributed by atoms with Gasteiger partial charge in [-0.2, -0.15) is 0 Å². The molecule has 2 rings (SSSR count). The second-order valence-corrected chi connectivity index (χ2v) is 5.67. The summed E-state index contributed by atoms with van der Waals surface area (Å²) in [6.45, 7) is 2.10. The van der Waals surface area contributed by atoms with Gasteiger partial charge in [-0.3, -0.25) is 0 Å². The van der Waals surface area contributed by atoms with Crippen molar-refractivity contribution in [3.8, 4) is 0 Å². The maximum Gasteiger partial charge on any atom is 0.132 e. The van der Waals surface area contributed by atoms with E-state index in [0.29, 0.717) is 10.0 Å². The highest BCUT2D eigenvalue weighted by atomic mass is 79.9. The number of rotatable bonds is 4. The monoisotopic (exact) mass is 339 g/mol. The van der Waals surface area contributed by atoms with Crippen LogP contribution in [0.1, 0.15) is 36.1 Å². The average molecular weight is 340 g/mol. The average Bonchev–Trinajstić information content (AvgIpc) is 2.38. The maximum atomic E-state index is 13.9. The summed E-state index contributed by atoms with van der Waals surface area (Å²) >= 11 is 3.06. The van der Waals surface area contributed by atoms with E-state index in [-0.39, 0.29) is 5.56 Å². The van der Waals surface area contributed by atoms with Crippen LogP contribution in [0.3, 0.4) is 0 Å². The topological polar surface area (TPSA) is 26.0 Å². The van der Waals surface area contributed by atoms with E-state index in [9.17, 15) is 8.78 Å². The Morgan fingerprint density at radius 3 is 2.15 bits per heavy atom. The Hall–Kier alpha value is -1.26. The molecule has 1 atom stereocenters. The number of nitrogens with two attached hydrogens (primary N) is 1. The standard InChI is InChI=1S/C16H16BrF2N/c1-2-3-10-4-6-11(7-5-10)16(20)15-13(18)8-12(17)9-14(15)19/h4-9,16H,2-3,20H2,1H3. The fraction of sp³-hybridized carbons (Fsp3) is 0.250. The molecule has 0 heterocycles. The smallest absolute Gasteiger partial charge is 0.132 e. The van der Waals surface area contributed by atoms with Crippen LogP contribution >= 0.6 is 15.9 Å². The molecule has 4 heteroatoms. The maximum absolute atomic E-state index is 13.9. The highest BCUT2D eigenvalue weighted by Gasteiger charge is 2.19. The molecule has 0 aliphatic rings. The molecular formula is C16H16BrF2N. The fourth-order valence-electron chi connectivity index (χ4n) is 2.20. The van der Waals surface area contributed by atoms with Crippen molar-refractivity contribution in [1.82, 2.24) is 0 Å². The van der Waals surface area contributed by atoms with E-state index in [1.807, 2.05) is 24.3 Å². The Morgan fingerprint density at radius 1 is 1.10 bits per heavy atom. The quantitative estimate of drug-likeness (QED) is 0.856. The van der Waals surface area contributed by atoms with Crippen molar-refractivity contribution in [3.05, 3.63) is 69.2 Å². The van der Waals surface area contributed by atoms with Crippen molar-refractivity contribution < 1.29 is 8.78 Å². The van der Waals surface area contributed by atoms with Crippen molar-refractivity contribution in [3.63, 3.8) is 0 Å². The van der Waals surface area contributed by atoms with Crippen LogP contribution in [0, 0.1) is 11.6 Å². The number of aryl methyl sites for hydroxylation is 1. The number of hydrogen-bond acceptors (Lipinski definition) is 1. The second kappa shape index (κ2) is 6.46. The minimum absolute atomic E-state index is 0.101. The van der Waals surface area contributed by atoms with Gasteiger partial charge in [-0.15, -0.1) is 0 Å². The van der Waals surface area contributed by atoms with Gasteiger partial charge in [0.25, 0.3) is 0 Å². The SMILES string of the molecule is CCCc1ccc(C(N)c2c(F)cc(Br)cc2F)cc1. The molecule has 0 saturated carbocycles. The van der Waals surface area contributed by atoms with Gasteiger partial charge in [0.15, 0.2) is 0 Å². The molecule has 106 valence electrons. The van der Waals surface area contributed by atoms with Gasteiger partial charge in [-0.25, -0.2) is 8.78 Å². The Labute approximate surface area is 125 Å². The normalized spacial score (nSPS) is 12.4. The van der Waals surface area contributed by atoms with E-state index in [1.54, 1.807) is 0 Å². The lowest BCUT2D eigenvalue weighted by atomic mass is 9.97. The zero-order valence-corrected chi connectivity index (χ0v) is 12.8. The Bertz CT molecular complexity index is 573. The van der Waals surface area contributed by atoms with Crippen molar-refractivity contribution in [1.29, 1.82) is 0 Å². The van der Waals surface area contributed by atoms with E-state index < -0.39 is 17.7 Å². The first-order valence-electron chi connectivity index (χ1n) is 6.51. The van der Waals surface area contributed by atoms with Gasteiger partial charge < -0.3 is 5.73 Å². The largest absolute Gasteiger partial charge is 0.320 e. The predicted molar refractivity (Wildman–Crippen MR) is 80.5 cm³/mol. The highest BCUT2D eigenvalue weighted by Crippen LogP contribution is 2.28. The summed E-state index contributed by atoms with van der Waals surface area (Å²) in [6.07, 6.45) is 2.04. The van der Waals surface area contributed by atoms with E-state index in [4.69, 9.17) is 5.73 Å². The van der Waals surface area contributed by atoms with Gasteiger partial charge in [0.1, 0.15) is 11.6 Å². The van der Waals surface area contributed by atoms with Gasteiger partial charge in [-0.1, -0.05) is 53.5 Å². The molecular weight excluding hydrogens is 324 g/mol. The molecule has 1 unspecified atom stereocenters. The zero-order valence-electron chi connectivity index (χ0n) is 11.2. The predicted octanol–water partition coefficient (Wildman–Crippen LogP) is 4.73. The van der Waals surface area contributed by atoms with Gasteiger partial charge in [-0.05, 0) is 29.7 Å². The lowest BCUT2D eigenvalue weighted by molar-refractivity contribution is 0.542. The zero-order chi connectivity index (χ0) is 14.7. The Balaban J connectivity index is 2.33. The molecule has 0 aromatic heterocycles. The van der Waals surface area contributed by atoms with Crippen LogP contribution in [0.4, 0.5) is 8.78 Å². The van der Waals surface area contributed by atoms with E-state index in [1.165, 1.54) is 17.7 Å². The minimum Gasteiger partial charge on any atom is -0.320 e. The van der Waals surface area contributed by atoms with E-state index in [0.717, 1.165) is 12.8 Å².